The Kier molecular flexibility index (Phi) is 17.2. The van der Waals surface area contributed by atoms with E-state index < -0.39 is 25.9 Å². The van der Waals surface area contributed by atoms with E-state index in [1.165, 1.54) is 38.5 Å². The van der Waals surface area contributed by atoms with E-state index in [0.29, 0.717) is 25.7 Å². The Labute approximate surface area is 261 Å². The number of nitrogens with zero attached hydrogens (tertiary/aromatic N) is 2. The monoisotopic (exact) mass is 694 g/mol. The Hall–Kier alpha value is 0.519. The van der Waals surface area contributed by atoms with Crippen LogP contribution in [0.25, 0.3) is 0 Å². The first-order valence-corrected chi connectivity index (χ1v) is 23.8. The molecule has 2 heterocycles. The zero-order valence-electron chi connectivity index (χ0n) is 29.0. The van der Waals surface area contributed by atoms with E-state index in [-0.39, 0.29) is 47.6 Å². The Bertz CT molecular complexity index is 617. The molecular weight excluding hydrogens is 623 g/mol. The van der Waals surface area contributed by atoms with Crippen molar-refractivity contribution < 1.29 is 25.0 Å². The average Bonchev–Trinajstić information content (AvgIpc) is 2.80. The van der Waals surface area contributed by atoms with Crippen molar-refractivity contribution in [1.29, 1.82) is 0 Å². The van der Waals surface area contributed by atoms with E-state index in [0.717, 1.165) is 0 Å². The van der Waals surface area contributed by atoms with Crippen molar-refractivity contribution in [2.45, 2.75) is 194 Å². The number of aliphatic hydroxyl groups is 3. The molecule has 0 bridgehead atoms. The maximum absolute atomic E-state index is 10.5. The van der Waals surface area contributed by atoms with E-state index in [4.69, 9.17) is 9.68 Å². The van der Waals surface area contributed by atoms with Crippen molar-refractivity contribution in [3.05, 3.63) is 0 Å². The van der Waals surface area contributed by atoms with Gasteiger partial charge in [0.1, 0.15) is 6.10 Å². The fourth-order valence-corrected chi connectivity index (χ4v) is 18.3. The second-order valence-corrected chi connectivity index (χ2v) is 25.4. The van der Waals surface area contributed by atoms with Gasteiger partial charge in [-0.2, -0.15) is 10.1 Å². The summed E-state index contributed by atoms with van der Waals surface area (Å²) in [6.45, 7) is 23.6. The Morgan fingerprint density at radius 1 is 0.610 bits per heavy atom. The van der Waals surface area contributed by atoms with Crippen LogP contribution in [0.3, 0.4) is 0 Å². The molecule has 7 nitrogen and oxygen atoms in total. The summed E-state index contributed by atoms with van der Waals surface area (Å²) >= 11 is -0.967. The molecule has 8 heteroatoms. The van der Waals surface area contributed by atoms with E-state index >= 15 is 0 Å². The fraction of sp³-hybridized carbons (Fsp3) is 1.00. The summed E-state index contributed by atoms with van der Waals surface area (Å²) in [6.07, 6.45) is 9.90. The molecule has 0 aromatic carbocycles. The van der Waals surface area contributed by atoms with Gasteiger partial charge in [-0.15, -0.1) is 0 Å². The molecule has 41 heavy (non-hydrogen) atoms. The zero-order valence-corrected chi connectivity index (χ0v) is 32.3. The van der Waals surface area contributed by atoms with E-state index in [9.17, 15) is 15.3 Å². The van der Waals surface area contributed by atoms with Gasteiger partial charge in [0.2, 0.25) is 0 Å². The second-order valence-electron chi connectivity index (χ2n) is 15.5. The van der Waals surface area contributed by atoms with Crippen LogP contribution in [0.4, 0.5) is 0 Å². The minimum atomic E-state index is -0.967. The van der Waals surface area contributed by atoms with Crippen LogP contribution < -0.4 is 0 Å². The van der Waals surface area contributed by atoms with Gasteiger partial charge in [-0.05, 0) is 81.1 Å². The van der Waals surface area contributed by atoms with Gasteiger partial charge < -0.3 is 15.3 Å². The second kappa shape index (κ2) is 17.9. The molecule has 0 aliphatic carbocycles. The van der Waals surface area contributed by atoms with Crippen LogP contribution in [-0.4, -0.2) is 98.9 Å². The minimum absolute atomic E-state index is 0.125. The summed E-state index contributed by atoms with van der Waals surface area (Å²) < 4.78 is 5.08. The first kappa shape index (κ1) is 39.5. The van der Waals surface area contributed by atoms with Gasteiger partial charge in [0.25, 0.3) is 0 Å². The van der Waals surface area contributed by atoms with Crippen LogP contribution in [0.5, 0.6) is 0 Å². The number of piperidine rings is 2. The summed E-state index contributed by atoms with van der Waals surface area (Å²) in [6, 6.07) is 0. The average molecular weight is 694 g/mol. The third-order valence-corrected chi connectivity index (χ3v) is 19.3. The van der Waals surface area contributed by atoms with Gasteiger partial charge >= 0.3 is 92.4 Å². The first-order valence-electron chi connectivity index (χ1n) is 16.8. The van der Waals surface area contributed by atoms with Crippen LogP contribution in [0, 0.1) is 0 Å². The molecule has 2 rings (SSSR count). The number of hydroxylamine groups is 4. The van der Waals surface area contributed by atoms with Gasteiger partial charge in [0.05, 0.1) is 25.4 Å². The summed E-state index contributed by atoms with van der Waals surface area (Å²) in [5.41, 5.74) is -1.30. The molecule has 0 amide bonds. The fourth-order valence-electron chi connectivity index (χ4n) is 7.40. The van der Waals surface area contributed by atoms with E-state index in [1.807, 2.05) is 65.5 Å². The molecule has 2 aliphatic heterocycles. The van der Waals surface area contributed by atoms with Gasteiger partial charge in [0, 0.05) is 22.2 Å². The van der Waals surface area contributed by atoms with Crippen LogP contribution in [0.2, 0.25) is 13.3 Å². The normalized spacial score (nSPS) is 23.1. The number of hydrogen-bond acceptors (Lipinski definition) is 7. The SMILES string of the molecule is CC1(C)CC(O)CC(C)(C)N1OCC(O)CON1C(C)(C)CC(O)CC1(C)C.CCC[CH2][SnH]([CH2]CCC)[CH2]CCC. The molecule has 2 saturated heterocycles. The van der Waals surface area contributed by atoms with Crippen molar-refractivity contribution in [3.8, 4) is 0 Å². The number of aliphatic hydroxyl groups excluding tert-OH is 3. The summed E-state index contributed by atoms with van der Waals surface area (Å²) in [5.74, 6) is 0. The zero-order chi connectivity index (χ0) is 31.5. The number of hydrogen-bond donors (Lipinski definition) is 3. The molecular formula is C33H70N2O5Sn. The molecule has 0 aromatic rings. The Morgan fingerprint density at radius 3 is 1.12 bits per heavy atom. The van der Waals surface area contributed by atoms with Crippen molar-refractivity contribution in [2.75, 3.05) is 13.2 Å². The third kappa shape index (κ3) is 13.6. The third-order valence-electron chi connectivity index (χ3n) is 8.83. The van der Waals surface area contributed by atoms with Crippen molar-refractivity contribution >= 4 is 19.8 Å². The van der Waals surface area contributed by atoms with Crippen molar-refractivity contribution in [1.82, 2.24) is 10.1 Å². The molecule has 246 valence electrons. The van der Waals surface area contributed by atoms with Crippen molar-refractivity contribution in [2.24, 2.45) is 0 Å². The van der Waals surface area contributed by atoms with Gasteiger partial charge in [-0.1, -0.05) is 0 Å². The first-order chi connectivity index (χ1) is 18.9. The summed E-state index contributed by atoms with van der Waals surface area (Å²) in [4.78, 5) is 12.0. The molecule has 3 N–H and O–H groups in total. The Balaban J connectivity index is 0.000000545. The number of unbranched alkanes of at least 4 members (excludes halogenated alkanes) is 3. The molecule has 0 spiro atoms. The molecule has 2 aliphatic rings. The molecule has 0 atom stereocenters. The van der Waals surface area contributed by atoms with Gasteiger partial charge in [-0.3, -0.25) is 9.68 Å². The molecule has 0 saturated carbocycles. The van der Waals surface area contributed by atoms with E-state index in [1.54, 1.807) is 13.3 Å². The summed E-state index contributed by atoms with van der Waals surface area (Å²) in [5, 5.41) is 34.6. The maximum atomic E-state index is 10.5. The predicted octanol–water partition coefficient (Wildman–Crippen LogP) is 6.85. The molecule has 2 fully saturated rings. The molecule has 0 unspecified atom stereocenters. The van der Waals surface area contributed by atoms with Gasteiger partial charge in [-0.25, -0.2) is 0 Å². The van der Waals surface area contributed by atoms with E-state index in [2.05, 4.69) is 20.8 Å². The standard InChI is InChI=1S/C21H42N2O5.3C4H9.Sn.H/c1-18(2)9-15(24)10-19(3,4)22(18)27-13-17(26)14-28-23-20(5,6)11-16(25)12-21(23,7)8;3*1-3-4-2;;/h15-17,24-26H,9-14H2,1-8H3;3*1,3-4H2,2H3;;. The van der Waals surface area contributed by atoms with Gasteiger partial charge in [0.15, 0.2) is 0 Å². The Morgan fingerprint density at radius 2 is 0.878 bits per heavy atom. The molecule has 0 radical (unpaired) electrons. The summed E-state index contributed by atoms with van der Waals surface area (Å²) in [7, 11) is 0. The predicted molar refractivity (Wildman–Crippen MR) is 175 cm³/mol. The number of rotatable bonds is 15. The van der Waals surface area contributed by atoms with Crippen LogP contribution in [0.1, 0.15) is 140 Å². The topological polar surface area (TPSA) is 85.6 Å². The van der Waals surface area contributed by atoms with Crippen LogP contribution in [0.15, 0.2) is 0 Å². The molecule has 0 aromatic heterocycles. The quantitative estimate of drug-likeness (QED) is 0.162. The van der Waals surface area contributed by atoms with Crippen molar-refractivity contribution in [3.63, 3.8) is 0 Å². The van der Waals surface area contributed by atoms with Crippen LogP contribution >= 0.6 is 0 Å². The van der Waals surface area contributed by atoms with Crippen LogP contribution in [-0.2, 0) is 9.68 Å².